The SMILES string of the molecule is O=C(/C=C/c1ccc2c(c1)CCC2N(CCc1c[nH]c2cc(F)ccc12)Cc1cc(Cl)c(Cl)[nH]1)NO. The minimum absolute atomic E-state index is 0.197. The summed E-state index contributed by atoms with van der Waals surface area (Å²) in [4.78, 5) is 20.1. The lowest BCUT2D eigenvalue weighted by atomic mass is 10.0. The van der Waals surface area contributed by atoms with Crippen molar-refractivity contribution in [3.63, 3.8) is 0 Å². The molecule has 1 unspecified atom stereocenters. The lowest BCUT2D eigenvalue weighted by Crippen LogP contribution is -2.29. The molecule has 5 rings (SSSR count). The van der Waals surface area contributed by atoms with E-state index in [4.69, 9.17) is 28.4 Å². The van der Waals surface area contributed by atoms with E-state index in [9.17, 15) is 9.18 Å². The number of benzene rings is 2. The van der Waals surface area contributed by atoms with Crippen molar-refractivity contribution in [3.8, 4) is 0 Å². The van der Waals surface area contributed by atoms with E-state index >= 15 is 0 Å². The predicted molar refractivity (Wildman–Crippen MR) is 140 cm³/mol. The Kier molecular flexibility index (Phi) is 7.16. The summed E-state index contributed by atoms with van der Waals surface area (Å²) in [5, 5.41) is 10.7. The van der Waals surface area contributed by atoms with Crippen molar-refractivity contribution in [1.82, 2.24) is 20.3 Å². The average Bonchev–Trinajstić information content (AvgIpc) is 3.56. The third-order valence-electron chi connectivity index (χ3n) is 6.74. The number of carbonyl (C=O) groups is 1. The maximum atomic E-state index is 13.6. The molecule has 2 aromatic heterocycles. The third-order valence-corrected chi connectivity index (χ3v) is 7.44. The van der Waals surface area contributed by atoms with Crippen LogP contribution in [-0.2, 0) is 24.2 Å². The second-order valence-corrected chi connectivity index (χ2v) is 9.79. The number of fused-ring (bicyclic) bond motifs is 2. The highest BCUT2D eigenvalue weighted by Crippen LogP contribution is 2.38. The highest BCUT2D eigenvalue weighted by molar-refractivity contribution is 6.41. The van der Waals surface area contributed by atoms with E-state index in [0.717, 1.165) is 53.5 Å². The summed E-state index contributed by atoms with van der Waals surface area (Å²) in [6, 6.07) is 13.1. The number of halogens is 3. The van der Waals surface area contributed by atoms with Gasteiger partial charge in [-0.05, 0) is 71.9 Å². The maximum absolute atomic E-state index is 13.6. The second-order valence-electron chi connectivity index (χ2n) is 9.00. The second kappa shape index (κ2) is 10.5. The standard InChI is InChI=1S/C27H25Cl2FN4O2/c28-23-13-20(32-27(23)29)15-34(10-9-18-14-31-24-12-19(30)4-6-21(18)24)25-7-3-17-11-16(1-5-22(17)25)2-8-26(35)33-36/h1-2,4-6,8,11-14,25,31-32,36H,3,7,9-10,15H2,(H,33,35)/b8-2+. The highest BCUT2D eigenvalue weighted by atomic mass is 35.5. The molecule has 1 aliphatic rings. The zero-order valence-electron chi connectivity index (χ0n) is 19.3. The van der Waals surface area contributed by atoms with E-state index in [2.05, 4.69) is 27.0 Å². The number of aryl methyl sites for hydroxylation is 1. The Labute approximate surface area is 217 Å². The molecule has 0 aliphatic heterocycles. The Balaban J connectivity index is 1.40. The van der Waals surface area contributed by atoms with Crippen LogP contribution in [0, 0.1) is 5.82 Å². The van der Waals surface area contributed by atoms with Crippen LogP contribution < -0.4 is 5.48 Å². The average molecular weight is 527 g/mol. The predicted octanol–water partition coefficient (Wildman–Crippen LogP) is 6.19. The fourth-order valence-corrected chi connectivity index (χ4v) is 5.39. The summed E-state index contributed by atoms with van der Waals surface area (Å²) < 4.78 is 13.6. The summed E-state index contributed by atoms with van der Waals surface area (Å²) in [5.74, 6) is -0.824. The van der Waals surface area contributed by atoms with Crippen LogP contribution in [0.3, 0.4) is 0 Å². The van der Waals surface area contributed by atoms with Crippen molar-refractivity contribution in [2.75, 3.05) is 6.54 Å². The Bertz CT molecular complexity index is 1430. The van der Waals surface area contributed by atoms with Crippen molar-refractivity contribution in [2.45, 2.75) is 31.8 Å². The smallest absolute Gasteiger partial charge is 0.267 e. The van der Waals surface area contributed by atoms with E-state index in [-0.39, 0.29) is 11.9 Å². The maximum Gasteiger partial charge on any atom is 0.267 e. The van der Waals surface area contributed by atoms with Crippen LogP contribution in [-0.4, -0.2) is 32.5 Å². The summed E-state index contributed by atoms with van der Waals surface area (Å²) in [5.41, 5.74) is 7.86. The number of hydrogen-bond donors (Lipinski definition) is 4. The molecule has 36 heavy (non-hydrogen) atoms. The fourth-order valence-electron chi connectivity index (χ4n) is 5.04. The van der Waals surface area contributed by atoms with Crippen molar-refractivity contribution in [1.29, 1.82) is 0 Å². The van der Waals surface area contributed by atoms with Crippen molar-refractivity contribution in [2.24, 2.45) is 0 Å². The van der Waals surface area contributed by atoms with E-state index in [1.54, 1.807) is 11.6 Å². The van der Waals surface area contributed by atoms with Crippen LogP contribution in [0.1, 0.15) is 40.4 Å². The summed E-state index contributed by atoms with van der Waals surface area (Å²) in [7, 11) is 0. The molecule has 0 bridgehead atoms. The van der Waals surface area contributed by atoms with Gasteiger partial charge in [0, 0.05) is 48.0 Å². The van der Waals surface area contributed by atoms with Crippen LogP contribution in [0.4, 0.5) is 4.39 Å². The van der Waals surface area contributed by atoms with Gasteiger partial charge in [-0.3, -0.25) is 14.9 Å². The van der Waals surface area contributed by atoms with E-state index in [0.29, 0.717) is 16.7 Å². The molecule has 186 valence electrons. The normalized spacial score (nSPS) is 15.3. The van der Waals surface area contributed by atoms with Crippen LogP contribution in [0.5, 0.6) is 0 Å². The van der Waals surface area contributed by atoms with E-state index < -0.39 is 5.91 Å². The molecule has 0 fully saturated rings. The van der Waals surface area contributed by atoms with Crippen molar-refractivity contribution >= 4 is 46.1 Å². The zero-order valence-corrected chi connectivity index (χ0v) is 20.8. The van der Waals surface area contributed by atoms with Crippen molar-refractivity contribution in [3.05, 3.63) is 98.7 Å². The highest BCUT2D eigenvalue weighted by Gasteiger charge is 2.28. The molecular formula is C27H25Cl2FN4O2. The number of amides is 1. The van der Waals surface area contributed by atoms with Crippen LogP contribution in [0.15, 0.2) is 54.7 Å². The van der Waals surface area contributed by atoms with Crippen LogP contribution in [0.2, 0.25) is 10.2 Å². The lowest BCUT2D eigenvalue weighted by Gasteiger charge is -2.29. The monoisotopic (exact) mass is 526 g/mol. The Morgan fingerprint density at radius 1 is 1.22 bits per heavy atom. The van der Waals surface area contributed by atoms with Crippen molar-refractivity contribution < 1.29 is 14.4 Å². The molecule has 0 saturated heterocycles. The topological polar surface area (TPSA) is 84.2 Å². The molecule has 2 aromatic carbocycles. The van der Waals surface area contributed by atoms with Gasteiger partial charge in [-0.1, -0.05) is 41.4 Å². The van der Waals surface area contributed by atoms with Gasteiger partial charge in [-0.15, -0.1) is 0 Å². The number of nitrogens with one attached hydrogen (secondary N) is 3. The molecule has 0 spiro atoms. The molecule has 0 radical (unpaired) electrons. The molecule has 0 saturated carbocycles. The minimum Gasteiger partial charge on any atom is -0.361 e. The number of nitrogens with zero attached hydrogens (tertiary/aromatic N) is 1. The van der Waals surface area contributed by atoms with Gasteiger partial charge in [0.15, 0.2) is 0 Å². The van der Waals surface area contributed by atoms with Gasteiger partial charge in [-0.2, -0.15) is 0 Å². The van der Waals surface area contributed by atoms with E-state index in [1.165, 1.54) is 29.3 Å². The number of H-pyrrole nitrogens is 2. The Hall–Kier alpha value is -3.10. The molecule has 6 nitrogen and oxygen atoms in total. The number of aromatic amines is 2. The molecule has 4 N–H and O–H groups in total. The fraction of sp³-hybridized carbons (Fsp3) is 0.222. The first kappa shape index (κ1) is 24.6. The first-order valence-electron chi connectivity index (χ1n) is 11.7. The summed E-state index contributed by atoms with van der Waals surface area (Å²) in [6.45, 7) is 1.42. The minimum atomic E-state index is -0.567. The molecule has 1 amide bonds. The molecule has 4 aromatic rings. The molecule has 1 aliphatic carbocycles. The largest absolute Gasteiger partial charge is 0.361 e. The number of carbonyl (C=O) groups excluding carboxylic acids is 1. The van der Waals surface area contributed by atoms with Gasteiger partial charge in [-0.25, -0.2) is 9.87 Å². The van der Waals surface area contributed by atoms with E-state index in [1.807, 2.05) is 24.4 Å². The molecule has 9 heteroatoms. The number of aromatic nitrogens is 2. The first-order chi connectivity index (χ1) is 17.4. The third kappa shape index (κ3) is 5.20. The Morgan fingerprint density at radius 3 is 2.86 bits per heavy atom. The van der Waals surface area contributed by atoms with Gasteiger partial charge in [0.05, 0.1) is 5.02 Å². The summed E-state index contributed by atoms with van der Waals surface area (Å²) >= 11 is 12.4. The zero-order chi connectivity index (χ0) is 25.2. The van der Waals surface area contributed by atoms with Gasteiger partial charge in [0.25, 0.3) is 5.91 Å². The summed E-state index contributed by atoms with van der Waals surface area (Å²) in [6.07, 6.45) is 7.60. The van der Waals surface area contributed by atoms with Crippen LogP contribution in [0.25, 0.3) is 17.0 Å². The Morgan fingerprint density at radius 2 is 2.08 bits per heavy atom. The molecule has 2 heterocycles. The number of rotatable bonds is 8. The quantitative estimate of drug-likeness (QED) is 0.125. The molecule has 1 atom stereocenters. The van der Waals surface area contributed by atoms with Gasteiger partial charge < -0.3 is 9.97 Å². The lowest BCUT2D eigenvalue weighted by molar-refractivity contribution is -0.124. The number of hydroxylamine groups is 1. The van der Waals surface area contributed by atoms with Gasteiger partial charge >= 0.3 is 0 Å². The van der Waals surface area contributed by atoms with Gasteiger partial charge in [0.1, 0.15) is 11.0 Å². The van der Waals surface area contributed by atoms with Gasteiger partial charge in [0.2, 0.25) is 0 Å². The van der Waals surface area contributed by atoms with Crippen LogP contribution >= 0.6 is 23.2 Å². The number of hydrogen-bond acceptors (Lipinski definition) is 3. The molecular weight excluding hydrogens is 502 g/mol. The first-order valence-corrected chi connectivity index (χ1v) is 12.4.